The maximum absolute atomic E-state index is 4.59. The van der Waals surface area contributed by atoms with Gasteiger partial charge < -0.3 is 5.32 Å². The number of nitrogens with one attached hydrogen (secondary N) is 2. The zero-order valence-electron chi connectivity index (χ0n) is 16.6. The van der Waals surface area contributed by atoms with Gasteiger partial charge >= 0.3 is 0 Å². The number of H-pyrrole nitrogens is 1. The summed E-state index contributed by atoms with van der Waals surface area (Å²) in [5.74, 6) is 1.63. The van der Waals surface area contributed by atoms with Crippen molar-refractivity contribution in [3.05, 3.63) is 64.1 Å². The lowest BCUT2D eigenvalue weighted by molar-refractivity contribution is 0.881. The largest absolute Gasteiger partial charge is 0.366 e. The average molecular weight is 417 g/mol. The van der Waals surface area contributed by atoms with Crippen molar-refractivity contribution in [2.75, 3.05) is 5.32 Å². The van der Waals surface area contributed by atoms with Crippen LogP contribution in [0.1, 0.15) is 23.1 Å². The molecule has 1 aromatic carbocycles. The predicted octanol–water partition coefficient (Wildman–Crippen LogP) is 4.12. The van der Waals surface area contributed by atoms with E-state index in [-0.39, 0.29) is 0 Å². The van der Waals surface area contributed by atoms with Gasteiger partial charge in [-0.1, -0.05) is 31.2 Å². The van der Waals surface area contributed by atoms with E-state index in [4.69, 9.17) is 0 Å². The molecule has 0 aliphatic rings. The molecule has 0 saturated carbocycles. The average Bonchev–Trinajstić information content (AvgIpc) is 3.52. The van der Waals surface area contributed by atoms with Crippen molar-refractivity contribution < 1.29 is 0 Å². The molecule has 4 aromatic heterocycles. The van der Waals surface area contributed by atoms with E-state index in [1.54, 1.807) is 17.5 Å². The Morgan fingerprint density at radius 1 is 1.17 bits per heavy atom. The molecule has 0 unspecified atom stereocenters. The maximum atomic E-state index is 4.59. The van der Waals surface area contributed by atoms with Crippen molar-refractivity contribution in [1.29, 1.82) is 0 Å². The van der Waals surface area contributed by atoms with Gasteiger partial charge in [-0.25, -0.2) is 10.1 Å². The monoisotopic (exact) mass is 416 g/mol. The summed E-state index contributed by atoms with van der Waals surface area (Å²) in [7, 11) is 0. The molecule has 0 atom stereocenters. The minimum absolute atomic E-state index is 0.688. The molecule has 0 spiro atoms. The first-order chi connectivity index (χ1) is 14.7. The molecule has 150 valence electrons. The first-order valence-electron chi connectivity index (χ1n) is 9.72. The SMILES string of the molecule is CCc1cc(NCc2ccc(-c3c(-c4nnn[nH]4)csc3C)cc2)n2nccc2n1. The van der Waals surface area contributed by atoms with E-state index < -0.39 is 0 Å². The van der Waals surface area contributed by atoms with E-state index in [0.717, 1.165) is 40.3 Å². The number of nitrogens with zero attached hydrogens (tertiary/aromatic N) is 6. The topological polar surface area (TPSA) is 96.7 Å². The summed E-state index contributed by atoms with van der Waals surface area (Å²) < 4.78 is 1.83. The molecule has 0 aliphatic heterocycles. The summed E-state index contributed by atoms with van der Waals surface area (Å²) in [6, 6.07) is 12.6. The van der Waals surface area contributed by atoms with E-state index in [1.807, 2.05) is 10.6 Å². The number of benzene rings is 1. The number of aromatic amines is 1. The van der Waals surface area contributed by atoms with E-state index in [1.165, 1.54) is 10.4 Å². The molecule has 0 fully saturated rings. The number of rotatable bonds is 6. The highest BCUT2D eigenvalue weighted by Gasteiger charge is 2.15. The van der Waals surface area contributed by atoms with Crippen LogP contribution in [0, 0.1) is 6.92 Å². The third kappa shape index (κ3) is 3.33. The fourth-order valence-electron chi connectivity index (χ4n) is 3.51. The summed E-state index contributed by atoms with van der Waals surface area (Å²) in [6.45, 7) is 4.92. The lowest BCUT2D eigenvalue weighted by Crippen LogP contribution is -2.07. The van der Waals surface area contributed by atoms with Gasteiger partial charge in [0.2, 0.25) is 0 Å². The molecule has 0 bridgehead atoms. The van der Waals surface area contributed by atoms with Gasteiger partial charge in [0.1, 0.15) is 5.82 Å². The molecule has 0 saturated heterocycles. The second-order valence-corrected chi connectivity index (χ2v) is 8.05. The minimum Gasteiger partial charge on any atom is -0.366 e. The molecule has 0 aliphatic carbocycles. The molecule has 5 aromatic rings. The van der Waals surface area contributed by atoms with Crippen LogP contribution >= 0.6 is 11.3 Å². The van der Waals surface area contributed by atoms with Gasteiger partial charge in [-0.05, 0) is 34.9 Å². The Morgan fingerprint density at radius 3 is 2.80 bits per heavy atom. The molecule has 8 nitrogen and oxygen atoms in total. The van der Waals surface area contributed by atoms with Crippen LogP contribution in [0.3, 0.4) is 0 Å². The van der Waals surface area contributed by atoms with Gasteiger partial charge in [-0.2, -0.15) is 9.61 Å². The number of thiophene rings is 1. The Morgan fingerprint density at radius 2 is 2.03 bits per heavy atom. The van der Waals surface area contributed by atoms with Crippen LogP contribution in [0.2, 0.25) is 0 Å². The number of tetrazole rings is 1. The highest BCUT2D eigenvalue weighted by Crippen LogP contribution is 2.37. The van der Waals surface area contributed by atoms with E-state index >= 15 is 0 Å². The van der Waals surface area contributed by atoms with Crippen molar-refractivity contribution in [2.24, 2.45) is 0 Å². The van der Waals surface area contributed by atoms with Crippen LogP contribution in [0.15, 0.2) is 48.0 Å². The fraction of sp³-hybridized carbons (Fsp3) is 0.190. The number of aryl methyl sites for hydroxylation is 2. The Balaban J connectivity index is 1.39. The summed E-state index contributed by atoms with van der Waals surface area (Å²) in [5.41, 5.74) is 6.43. The van der Waals surface area contributed by atoms with Crippen LogP contribution in [-0.2, 0) is 13.0 Å². The summed E-state index contributed by atoms with van der Waals surface area (Å²) in [4.78, 5) is 5.83. The first kappa shape index (κ1) is 18.4. The van der Waals surface area contributed by atoms with Crippen molar-refractivity contribution >= 4 is 22.8 Å². The molecule has 5 rings (SSSR count). The Hall–Kier alpha value is -3.59. The molecule has 0 amide bonds. The summed E-state index contributed by atoms with van der Waals surface area (Å²) >= 11 is 1.70. The quantitative estimate of drug-likeness (QED) is 0.432. The standard InChI is InChI=1S/C21H20N8S/c1-3-16-10-19(29-18(24-16)8-9-23-29)22-11-14-4-6-15(7-5-14)20-13(2)30-12-17(20)21-25-27-28-26-21/h4-10,12,22H,3,11H2,1-2H3,(H,25,26,27,28). The highest BCUT2D eigenvalue weighted by molar-refractivity contribution is 7.11. The number of anilines is 1. The smallest absolute Gasteiger partial charge is 0.180 e. The molecule has 9 heteroatoms. The first-order valence-corrected chi connectivity index (χ1v) is 10.6. The predicted molar refractivity (Wildman–Crippen MR) is 117 cm³/mol. The molecule has 30 heavy (non-hydrogen) atoms. The lowest BCUT2D eigenvalue weighted by atomic mass is 10.0. The van der Waals surface area contributed by atoms with E-state index in [2.05, 4.69) is 85.6 Å². The maximum Gasteiger partial charge on any atom is 0.180 e. The van der Waals surface area contributed by atoms with Crippen molar-refractivity contribution in [1.82, 2.24) is 35.2 Å². The van der Waals surface area contributed by atoms with Crippen LogP contribution < -0.4 is 5.32 Å². The third-order valence-electron chi connectivity index (χ3n) is 5.07. The second-order valence-electron chi connectivity index (χ2n) is 6.97. The summed E-state index contributed by atoms with van der Waals surface area (Å²) in [5, 5.41) is 24.3. The third-order valence-corrected chi connectivity index (χ3v) is 5.98. The van der Waals surface area contributed by atoms with Crippen LogP contribution in [0.25, 0.3) is 28.2 Å². The van der Waals surface area contributed by atoms with E-state index in [9.17, 15) is 0 Å². The Bertz CT molecular complexity index is 1280. The Labute approximate surface area is 177 Å². The van der Waals surface area contributed by atoms with Gasteiger partial charge in [-0.3, -0.25) is 0 Å². The van der Waals surface area contributed by atoms with Gasteiger partial charge in [0.15, 0.2) is 11.5 Å². The van der Waals surface area contributed by atoms with Crippen molar-refractivity contribution in [2.45, 2.75) is 26.8 Å². The number of hydrogen-bond donors (Lipinski definition) is 2. The van der Waals surface area contributed by atoms with Gasteiger partial charge in [0.05, 0.1) is 6.20 Å². The van der Waals surface area contributed by atoms with Crippen LogP contribution in [-0.4, -0.2) is 35.2 Å². The Kier molecular flexibility index (Phi) is 4.72. The fourth-order valence-corrected chi connectivity index (χ4v) is 4.38. The van der Waals surface area contributed by atoms with Gasteiger partial charge in [0, 0.05) is 45.8 Å². The zero-order valence-corrected chi connectivity index (χ0v) is 17.4. The van der Waals surface area contributed by atoms with Gasteiger partial charge in [0.25, 0.3) is 0 Å². The molecule has 4 heterocycles. The number of hydrogen-bond acceptors (Lipinski definition) is 7. The minimum atomic E-state index is 0.688. The normalized spacial score (nSPS) is 11.3. The molecular weight excluding hydrogens is 396 g/mol. The van der Waals surface area contributed by atoms with Crippen LogP contribution in [0.4, 0.5) is 5.82 Å². The number of aromatic nitrogens is 7. The summed E-state index contributed by atoms with van der Waals surface area (Å²) in [6.07, 6.45) is 2.65. The van der Waals surface area contributed by atoms with Crippen molar-refractivity contribution in [3.8, 4) is 22.5 Å². The highest BCUT2D eigenvalue weighted by atomic mass is 32.1. The second kappa shape index (κ2) is 7.68. The van der Waals surface area contributed by atoms with Gasteiger partial charge in [-0.15, -0.1) is 16.4 Å². The van der Waals surface area contributed by atoms with E-state index in [0.29, 0.717) is 12.4 Å². The van der Waals surface area contributed by atoms with Crippen molar-refractivity contribution in [3.63, 3.8) is 0 Å². The van der Waals surface area contributed by atoms with Crippen LogP contribution in [0.5, 0.6) is 0 Å². The zero-order chi connectivity index (χ0) is 20.5. The molecule has 2 N–H and O–H groups in total. The lowest BCUT2D eigenvalue weighted by Gasteiger charge is -2.11. The number of fused-ring (bicyclic) bond motifs is 1. The molecule has 0 radical (unpaired) electrons. The molecular formula is C21H20N8S.